The first-order chi connectivity index (χ1) is 10.5. The Morgan fingerprint density at radius 1 is 1.00 bits per heavy atom. The minimum Gasteiger partial charge on any atom is -0.481 e. The molecule has 0 aromatic carbocycles. The second kappa shape index (κ2) is 5.51. The number of hydrogen-bond acceptors (Lipinski definition) is 2. The van der Waals surface area contributed by atoms with Gasteiger partial charge in [0.2, 0.25) is 0 Å². The van der Waals surface area contributed by atoms with Gasteiger partial charge in [0, 0.05) is 12.1 Å². The van der Waals surface area contributed by atoms with Crippen LogP contribution in [-0.4, -0.2) is 23.2 Å². The third-order valence-electron chi connectivity index (χ3n) is 7.57. The van der Waals surface area contributed by atoms with E-state index in [0.29, 0.717) is 17.5 Å². The lowest BCUT2D eigenvalue weighted by atomic mass is 9.48. The van der Waals surface area contributed by atoms with Gasteiger partial charge in [-0.05, 0) is 94.3 Å². The third kappa shape index (κ3) is 2.60. The largest absolute Gasteiger partial charge is 0.481 e. The van der Waals surface area contributed by atoms with Crippen molar-refractivity contribution in [3.8, 4) is 0 Å². The van der Waals surface area contributed by atoms with E-state index < -0.39 is 5.97 Å². The number of aliphatic carboxylic acids is 1. The predicted molar refractivity (Wildman–Crippen MR) is 86.6 cm³/mol. The van der Waals surface area contributed by atoms with Crippen molar-refractivity contribution in [1.82, 2.24) is 5.32 Å². The van der Waals surface area contributed by atoms with Crippen molar-refractivity contribution in [2.24, 2.45) is 29.1 Å². The molecule has 2 N–H and O–H groups in total. The van der Waals surface area contributed by atoms with Crippen LogP contribution in [0.25, 0.3) is 0 Å². The highest BCUT2D eigenvalue weighted by molar-refractivity contribution is 5.70. The van der Waals surface area contributed by atoms with Gasteiger partial charge in [-0.15, -0.1) is 0 Å². The van der Waals surface area contributed by atoms with Crippen LogP contribution in [0.1, 0.15) is 71.1 Å². The molecule has 0 heterocycles. The highest BCUT2D eigenvalue weighted by atomic mass is 16.4. The first-order valence-corrected chi connectivity index (χ1v) is 9.53. The minimum absolute atomic E-state index is 0.0899. The molecule has 5 saturated carbocycles. The normalized spacial score (nSPS) is 48.3. The zero-order valence-corrected chi connectivity index (χ0v) is 13.9. The lowest BCUT2D eigenvalue weighted by Gasteiger charge is -2.59. The van der Waals surface area contributed by atoms with Crippen molar-refractivity contribution in [2.75, 3.05) is 0 Å². The summed E-state index contributed by atoms with van der Waals surface area (Å²) in [5.41, 5.74) is 0.568. The molecule has 5 aliphatic rings. The number of carbonyl (C=O) groups is 1. The summed E-state index contributed by atoms with van der Waals surface area (Å²) in [4.78, 5) is 11.1. The summed E-state index contributed by atoms with van der Waals surface area (Å²) in [5.74, 6) is 2.36. The SMILES string of the molecule is CC(NC1CCC(C(=O)O)CC1)C12CC3CC(CC(C3)C1)C2. The molecule has 0 saturated heterocycles. The molecular weight excluding hydrogens is 274 g/mol. The summed E-state index contributed by atoms with van der Waals surface area (Å²) in [6.45, 7) is 2.43. The quantitative estimate of drug-likeness (QED) is 0.830. The fraction of sp³-hybridized carbons (Fsp3) is 0.947. The van der Waals surface area contributed by atoms with Crippen molar-refractivity contribution >= 4 is 5.97 Å². The van der Waals surface area contributed by atoms with Gasteiger partial charge in [0.05, 0.1) is 5.92 Å². The molecule has 3 nitrogen and oxygen atoms in total. The van der Waals surface area contributed by atoms with Crippen molar-refractivity contribution < 1.29 is 9.90 Å². The first-order valence-electron chi connectivity index (χ1n) is 9.53. The Bertz CT molecular complexity index is 403. The molecule has 1 atom stereocenters. The Kier molecular flexibility index (Phi) is 3.75. The highest BCUT2D eigenvalue weighted by Gasteiger charge is 2.53. The maximum absolute atomic E-state index is 11.1. The van der Waals surface area contributed by atoms with Crippen LogP contribution >= 0.6 is 0 Å². The molecule has 1 unspecified atom stereocenters. The maximum atomic E-state index is 11.1. The highest BCUT2D eigenvalue weighted by Crippen LogP contribution is 2.61. The van der Waals surface area contributed by atoms with E-state index in [2.05, 4.69) is 12.2 Å². The number of carboxylic acids is 1. The molecule has 3 heteroatoms. The molecule has 5 aliphatic carbocycles. The standard InChI is InChI=1S/C19H31NO2/c1-12(20-17-4-2-16(3-5-17)18(21)22)19-9-13-6-14(10-19)8-15(7-13)11-19/h12-17,20H,2-11H2,1H3,(H,21,22). The zero-order valence-electron chi connectivity index (χ0n) is 13.9. The molecule has 0 aromatic rings. The number of carboxylic acid groups (broad SMARTS) is 1. The Morgan fingerprint density at radius 2 is 1.50 bits per heavy atom. The Hall–Kier alpha value is -0.570. The summed E-state index contributed by atoms with van der Waals surface area (Å²) in [5, 5.41) is 13.1. The van der Waals surface area contributed by atoms with Gasteiger partial charge in [0.25, 0.3) is 0 Å². The predicted octanol–water partition coefficient (Wildman–Crippen LogP) is 3.82. The number of nitrogens with one attached hydrogen (secondary N) is 1. The fourth-order valence-electron chi connectivity index (χ4n) is 6.75. The lowest BCUT2D eigenvalue weighted by molar-refractivity contribution is -0.143. The molecule has 0 amide bonds. The van der Waals surface area contributed by atoms with Gasteiger partial charge in [-0.2, -0.15) is 0 Å². The molecule has 4 bridgehead atoms. The van der Waals surface area contributed by atoms with Gasteiger partial charge < -0.3 is 10.4 Å². The number of rotatable bonds is 4. The van der Waals surface area contributed by atoms with E-state index in [4.69, 9.17) is 5.11 Å². The molecule has 0 radical (unpaired) electrons. The van der Waals surface area contributed by atoms with Gasteiger partial charge in [-0.3, -0.25) is 4.79 Å². The second-order valence-electron chi connectivity index (χ2n) is 9.06. The van der Waals surface area contributed by atoms with Gasteiger partial charge in [-0.1, -0.05) is 0 Å². The summed E-state index contributed by atoms with van der Waals surface area (Å²) >= 11 is 0. The van der Waals surface area contributed by atoms with Crippen LogP contribution < -0.4 is 5.32 Å². The topological polar surface area (TPSA) is 49.3 Å². The second-order valence-corrected chi connectivity index (χ2v) is 9.06. The average molecular weight is 305 g/mol. The van der Waals surface area contributed by atoms with E-state index in [9.17, 15) is 4.79 Å². The van der Waals surface area contributed by atoms with Crippen molar-refractivity contribution in [3.05, 3.63) is 0 Å². The molecule has 0 aromatic heterocycles. The van der Waals surface area contributed by atoms with Crippen LogP contribution in [0.5, 0.6) is 0 Å². The average Bonchev–Trinajstić information content (AvgIpc) is 2.46. The molecule has 5 rings (SSSR count). The minimum atomic E-state index is -0.590. The molecule has 0 aliphatic heterocycles. The van der Waals surface area contributed by atoms with Crippen molar-refractivity contribution in [1.29, 1.82) is 0 Å². The molecule has 0 spiro atoms. The van der Waals surface area contributed by atoms with Crippen molar-refractivity contribution in [2.45, 2.75) is 83.2 Å². The van der Waals surface area contributed by atoms with Crippen LogP contribution in [0.3, 0.4) is 0 Å². The van der Waals surface area contributed by atoms with E-state index in [1.54, 1.807) is 0 Å². The molecule has 124 valence electrons. The summed E-state index contributed by atoms with van der Waals surface area (Å²) in [6, 6.07) is 1.17. The van der Waals surface area contributed by atoms with Crippen LogP contribution in [0, 0.1) is 29.1 Å². The van der Waals surface area contributed by atoms with Gasteiger partial charge >= 0.3 is 5.97 Å². The third-order valence-corrected chi connectivity index (χ3v) is 7.57. The van der Waals surface area contributed by atoms with Gasteiger partial charge in [-0.25, -0.2) is 0 Å². The Morgan fingerprint density at radius 3 is 1.95 bits per heavy atom. The fourth-order valence-corrected chi connectivity index (χ4v) is 6.75. The van der Waals surface area contributed by atoms with Crippen LogP contribution in [0.15, 0.2) is 0 Å². The number of hydrogen-bond donors (Lipinski definition) is 2. The first kappa shape index (κ1) is 15.0. The van der Waals surface area contributed by atoms with Crippen LogP contribution in [0.4, 0.5) is 0 Å². The van der Waals surface area contributed by atoms with E-state index >= 15 is 0 Å². The summed E-state index contributed by atoms with van der Waals surface area (Å²) in [6.07, 6.45) is 12.7. The summed E-state index contributed by atoms with van der Waals surface area (Å²) < 4.78 is 0. The Labute approximate surface area is 134 Å². The molecule has 5 fully saturated rings. The van der Waals surface area contributed by atoms with Crippen molar-refractivity contribution in [3.63, 3.8) is 0 Å². The van der Waals surface area contributed by atoms with Crippen LogP contribution in [0.2, 0.25) is 0 Å². The monoisotopic (exact) mass is 305 g/mol. The maximum Gasteiger partial charge on any atom is 0.306 e. The Balaban J connectivity index is 1.37. The smallest absolute Gasteiger partial charge is 0.306 e. The molecular formula is C19H31NO2. The molecule has 22 heavy (non-hydrogen) atoms. The van der Waals surface area contributed by atoms with Gasteiger partial charge in [0.15, 0.2) is 0 Å². The van der Waals surface area contributed by atoms with E-state index in [-0.39, 0.29) is 5.92 Å². The lowest BCUT2D eigenvalue weighted by Crippen LogP contribution is -2.56. The van der Waals surface area contributed by atoms with Gasteiger partial charge in [0.1, 0.15) is 0 Å². The van der Waals surface area contributed by atoms with E-state index in [1.807, 2.05) is 0 Å². The van der Waals surface area contributed by atoms with E-state index in [0.717, 1.165) is 43.4 Å². The van der Waals surface area contributed by atoms with Crippen LogP contribution in [-0.2, 0) is 4.79 Å². The zero-order chi connectivity index (χ0) is 15.3. The summed E-state index contributed by atoms with van der Waals surface area (Å²) in [7, 11) is 0. The van der Waals surface area contributed by atoms with E-state index in [1.165, 1.54) is 38.5 Å².